The number of ether oxygens (including phenoxy) is 2. The van der Waals surface area contributed by atoms with Gasteiger partial charge in [-0.2, -0.15) is 13.2 Å². The van der Waals surface area contributed by atoms with E-state index in [1.54, 1.807) is 20.8 Å². The van der Waals surface area contributed by atoms with Crippen molar-refractivity contribution >= 4 is 23.6 Å². The third-order valence-electron chi connectivity index (χ3n) is 6.02. The number of likely N-dealkylation sites (tertiary alicyclic amines) is 1. The quantitative estimate of drug-likeness (QED) is 0.338. The first-order chi connectivity index (χ1) is 19.2. The number of piperidine rings is 1. The highest BCUT2D eigenvalue weighted by atomic mass is 35.5. The third kappa shape index (κ3) is 7.87. The Morgan fingerprint density at radius 2 is 1.80 bits per heavy atom. The number of aromatic nitrogens is 2. The van der Waals surface area contributed by atoms with Crippen LogP contribution >= 0.6 is 11.6 Å². The molecule has 1 fully saturated rings. The summed E-state index contributed by atoms with van der Waals surface area (Å²) in [5, 5.41) is 10.7. The molecule has 0 unspecified atom stereocenters. The average Bonchev–Trinajstić information content (AvgIpc) is 3.38. The van der Waals surface area contributed by atoms with Gasteiger partial charge in [-0.25, -0.2) is 9.18 Å². The van der Waals surface area contributed by atoms with E-state index in [9.17, 15) is 27.2 Å². The van der Waals surface area contributed by atoms with Crippen LogP contribution in [0.5, 0.6) is 5.75 Å². The number of nitrogens with zero attached hydrogens (tertiary/aromatic N) is 3. The summed E-state index contributed by atoms with van der Waals surface area (Å²) in [6, 6.07) is 6.88. The zero-order chi connectivity index (χ0) is 29.9. The lowest BCUT2D eigenvalue weighted by atomic mass is 9.98. The average molecular weight is 599 g/mol. The van der Waals surface area contributed by atoms with E-state index in [-0.39, 0.29) is 34.7 Å². The molecule has 0 bridgehead atoms. The molecule has 1 aliphatic rings. The van der Waals surface area contributed by atoms with Crippen LogP contribution in [0.4, 0.5) is 22.4 Å². The summed E-state index contributed by atoms with van der Waals surface area (Å²) in [6.07, 6.45) is -4.44. The topological polar surface area (TPSA) is 107 Å². The van der Waals surface area contributed by atoms with E-state index < -0.39 is 53.8 Å². The Morgan fingerprint density at radius 1 is 1.10 bits per heavy atom. The Balaban J connectivity index is 1.45. The van der Waals surface area contributed by atoms with Crippen molar-refractivity contribution in [2.75, 3.05) is 13.2 Å². The minimum absolute atomic E-state index is 0.0101. The lowest BCUT2D eigenvalue weighted by Crippen LogP contribution is -2.52. The second kappa shape index (κ2) is 11.9. The van der Waals surface area contributed by atoms with Crippen molar-refractivity contribution in [1.82, 2.24) is 20.4 Å². The minimum atomic E-state index is -4.49. The van der Waals surface area contributed by atoms with Crippen LogP contribution in [0.2, 0.25) is 5.02 Å². The van der Waals surface area contributed by atoms with Gasteiger partial charge in [0.2, 0.25) is 11.8 Å². The van der Waals surface area contributed by atoms with E-state index in [1.165, 1.54) is 29.2 Å². The molecule has 2 atom stereocenters. The molecule has 2 heterocycles. The van der Waals surface area contributed by atoms with E-state index in [0.29, 0.717) is 12.8 Å². The smallest absolute Gasteiger partial charge is 0.416 e. The van der Waals surface area contributed by atoms with Gasteiger partial charge in [0.1, 0.15) is 23.2 Å². The molecule has 1 saturated heterocycles. The van der Waals surface area contributed by atoms with Crippen molar-refractivity contribution in [2.45, 2.75) is 57.5 Å². The van der Waals surface area contributed by atoms with Crippen molar-refractivity contribution in [1.29, 1.82) is 0 Å². The predicted molar refractivity (Wildman–Crippen MR) is 138 cm³/mol. The van der Waals surface area contributed by atoms with Crippen molar-refractivity contribution in [3.8, 4) is 17.2 Å². The molecule has 41 heavy (non-hydrogen) atoms. The van der Waals surface area contributed by atoms with E-state index in [2.05, 4.69) is 15.5 Å². The fourth-order valence-electron chi connectivity index (χ4n) is 4.14. The molecule has 220 valence electrons. The normalized spacial score (nSPS) is 17.7. The van der Waals surface area contributed by atoms with Crippen LogP contribution < -0.4 is 10.1 Å². The van der Waals surface area contributed by atoms with Crippen LogP contribution in [0.1, 0.15) is 51.1 Å². The van der Waals surface area contributed by atoms with Gasteiger partial charge in [-0.05, 0) is 70.0 Å². The van der Waals surface area contributed by atoms with Gasteiger partial charge in [0.15, 0.2) is 6.61 Å². The molecular weight excluding hydrogens is 572 g/mol. The number of hydrogen-bond acceptors (Lipinski definition) is 7. The van der Waals surface area contributed by atoms with Gasteiger partial charge in [0.25, 0.3) is 5.91 Å². The number of hydrogen-bond donors (Lipinski definition) is 1. The lowest BCUT2D eigenvalue weighted by molar-refractivity contribution is -0.137. The van der Waals surface area contributed by atoms with E-state index in [0.717, 1.165) is 18.2 Å². The number of carbonyl (C=O) groups is 2. The summed E-state index contributed by atoms with van der Waals surface area (Å²) in [6.45, 7) is 4.76. The van der Waals surface area contributed by atoms with E-state index >= 15 is 0 Å². The van der Waals surface area contributed by atoms with Gasteiger partial charge in [-0.1, -0.05) is 11.6 Å². The number of carbonyl (C=O) groups excluding carboxylic acids is 2. The standard InChI is InChI=1S/C27H27ClF4N4O5/c1-26(2,3)41-25(38)36-13-17(33-22(37)14-39-18-9-10-19(28)20(29)12-18)8-11-21(36)24-35-34-23(40-24)15-4-6-16(7-5-15)27(30,31)32/h4-7,9-10,12,17,21H,8,11,13-14H2,1-3H3,(H,33,37)/t17-,21+/m0/s1. The van der Waals surface area contributed by atoms with E-state index in [1.807, 2.05) is 0 Å². The first-order valence-corrected chi connectivity index (χ1v) is 13.0. The Labute approximate surface area is 237 Å². The maximum absolute atomic E-state index is 13.6. The summed E-state index contributed by atoms with van der Waals surface area (Å²) in [5.74, 6) is -0.983. The molecule has 9 nitrogen and oxygen atoms in total. The SMILES string of the molecule is CC(C)(C)OC(=O)N1C[C@@H](NC(=O)COc2ccc(Cl)c(F)c2)CC[C@@H]1c1nnc(-c2ccc(C(F)(F)F)cc2)o1. The highest BCUT2D eigenvalue weighted by Gasteiger charge is 2.39. The molecular formula is C27H27ClF4N4O5. The van der Waals surface area contributed by atoms with Gasteiger partial charge in [-0.15, -0.1) is 10.2 Å². The zero-order valence-electron chi connectivity index (χ0n) is 22.3. The second-order valence-electron chi connectivity index (χ2n) is 10.4. The molecule has 14 heteroatoms. The Kier molecular flexibility index (Phi) is 8.76. The number of rotatable bonds is 6. The summed E-state index contributed by atoms with van der Waals surface area (Å²) < 4.78 is 69.0. The minimum Gasteiger partial charge on any atom is -0.484 e. The highest BCUT2D eigenvalue weighted by molar-refractivity contribution is 6.30. The Morgan fingerprint density at radius 3 is 2.44 bits per heavy atom. The van der Waals surface area contributed by atoms with E-state index in [4.69, 9.17) is 25.5 Å². The van der Waals surface area contributed by atoms with Crippen molar-refractivity contribution in [3.05, 3.63) is 64.8 Å². The van der Waals surface area contributed by atoms with Crippen molar-refractivity contribution < 1.29 is 41.0 Å². The van der Waals surface area contributed by atoms with Crippen molar-refractivity contribution in [2.24, 2.45) is 0 Å². The zero-order valence-corrected chi connectivity index (χ0v) is 23.1. The Bertz CT molecular complexity index is 1390. The van der Waals surface area contributed by atoms with Gasteiger partial charge in [0, 0.05) is 24.2 Å². The van der Waals surface area contributed by atoms with Crippen LogP contribution in [0, 0.1) is 5.82 Å². The van der Waals surface area contributed by atoms with Gasteiger partial charge in [0.05, 0.1) is 10.6 Å². The molecule has 2 aromatic carbocycles. The lowest BCUT2D eigenvalue weighted by Gasteiger charge is -2.38. The van der Waals surface area contributed by atoms with Gasteiger partial charge < -0.3 is 19.2 Å². The summed E-state index contributed by atoms with van der Waals surface area (Å²) in [5.41, 5.74) is -1.36. The maximum atomic E-state index is 13.6. The molecule has 3 aromatic rings. The fourth-order valence-corrected chi connectivity index (χ4v) is 4.26. The molecule has 1 N–H and O–H groups in total. The summed E-state index contributed by atoms with van der Waals surface area (Å²) in [7, 11) is 0. The molecule has 1 aromatic heterocycles. The molecule has 4 rings (SSSR count). The van der Waals surface area contributed by atoms with Gasteiger partial charge in [-0.3, -0.25) is 9.69 Å². The third-order valence-corrected chi connectivity index (χ3v) is 6.33. The highest BCUT2D eigenvalue weighted by Crippen LogP contribution is 2.34. The summed E-state index contributed by atoms with van der Waals surface area (Å²) >= 11 is 5.66. The molecule has 0 saturated carbocycles. The van der Waals surface area contributed by atoms with Crippen LogP contribution in [-0.2, 0) is 15.7 Å². The number of halogens is 5. The summed E-state index contributed by atoms with van der Waals surface area (Å²) in [4.78, 5) is 27.0. The van der Waals surface area contributed by atoms with Crippen LogP contribution in [0.15, 0.2) is 46.9 Å². The largest absolute Gasteiger partial charge is 0.484 e. The first-order valence-electron chi connectivity index (χ1n) is 12.6. The van der Waals surface area contributed by atoms with Crippen LogP contribution in [0.25, 0.3) is 11.5 Å². The van der Waals surface area contributed by atoms with Crippen LogP contribution in [-0.4, -0.2) is 51.9 Å². The monoisotopic (exact) mass is 598 g/mol. The van der Waals surface area contributed by atoms with Crippen LogP contribution in [0.3, 0.4) is 0 Å². The molecule has 2 amide bonds. The molecule has 0 spiro atoms. The second-order valence-corrected chi connectivity index (χ2v) is 10.8. The molecule has 1 aliphatic heterocycles. The first kappa shape index (κ1) is 30.1. The fraction of sp³-hybridized carbons (Fsp3) is 0.407. The van der Waals surface area contributed by atoms with Crippen molar-refractivity contribution in [3.63, 3.8) is 0 Å². The number of amides is 2. The Hall–Kier alpha value is -3.87. The molecule has 0 aliphatic carbocycles. The maximum Gasteiger partial charge on any atom is 0.416 e. The number of benzene rings is 2. The van der Waals surface area contributed by atoms with Gasteiger partial charge >= 0.3 is 12.3 Å². The number of nitrogens with one attached hydrogen (secondary N) is 1. The molecule has 0 radical (unpaired) electrons. The predicted octanol–water partition coefficient (Wildman–Crippen LogP) is 6.18. The number of alkyl halides is 3.